The molecule has 1 aromatic carbocycles. The molecule has 0 fully saturated rings. The van der Waals surface area contributed by atoms with E-state index in [1.807, 2.05) is 30.3 Å². The van der Waals surface area contributed by atoms with E-state index < -0.39 is 12.2 Å². The summed E-state index contributed by atoms with van der Waals surface area (Å²) in [5.41, 5.74) is 6.80. The molecule has 0 saturated carbocycles. The molecule has 4 nitrogen and oxygen atoms in total. The van der Waals surface area contributed by atoms with Crippen LogP contribution in [0.25, 0.3) is 0 Å². The fraction of sp³-hybridized carbons (Fsp3) is 0.357. The van der Waals surface area contributed by atoms with Gasteiger partial charge in [-0.15, -0.1) is 0 Å². The Morgan fingerprint density at radius 3 is 2.74 bits per heavy atom. The van der Waals surface area contributed by atoms with Gasteiger partial charge >= 0.3 is 0 Å². The molecule has 19 heavy (non-hydrogen) atoms. The quantitative estimate of drug-likeness (QED) is 0.828. The normalized spacial score (nSPS) is 14.2. The summed E-state index contributed by atoms with van der Waals surface area (Å²) in [6.45, 7) is 0.746. The maximum atomic E-state index is 13.8. The third-order valence-corrected chi connectivity index (χ3v) is 2.81. The van der Waals surface area contributed by atoms with Gasteiger partial charge in [0, 0.05) is 12.4 Å². The molecule has 2 atom stereocenters. The molecule has 5 heteroatoms. The highest BCUT2D eigenvalue weighted by molar-refractivity contribution is 5.13. The molecule has 102 valence electrons. The largest absolute Gasteiger partial charge is 0.374 e. The highest BCUT2D eigenvalue weighted by Gasteiger charge is 2.17. The maximum Gasteiger partial charge on any atom is 0.140 e. The number of ether oxygens (including phenoxy) is 1. The van der Waals surface area contributed by atoms with Crippen LogP contribution in [0.1, 0.15) is 5.56 Å². The number of nitrogens with zero attached hydrogens (tertiary/aromatic N) is 2. The van der Waals surface area contributed by atoms with Crippen molar-refractivity contribution < 1.29 is 9.13 Å². The predicted molar refractivity (Wildman–Crippen MR) is 71.2 cm³/mol. The Morgan fingerprint density at radius 2 is 2.05 bits per heavy atom. The predicted octanol–water partition coefficient (Wildman–Crippen LogP) is 1.77. The molecule has 1 heterocycles. The van der Waals surface area contributed by atoms with Crippen molar-refractivity contribution in [3.63, 3.8) is 0 Å². The van der Waals surface area contributed by atoms with Crippen molar-refractivity contribution in [1.82, 2.24) is 9.78 Å². The molecule has 2 rings (SSSR count). The van der Waals surface area contributed by atoms with E-state index in [1.165, 1.54) is 0 Å². The van der Waals surface area contributed by atoms with Crippen LogP contribution in [0, 0.1) is 0 Å². The summed E-state index contributed by atoms with van der Waals surface area (Å²) in [4.78, 5) is 0. The van der Waals surface area contributed by atoms with Gasteiger partial charge in [-0.1, -0.05) is 30.3 Å². The lowest BCUT2D eigenvalue weighted by Gasteiger charge is -2.16. The molecule has 0 aliphatic carbocycles. The third-order valence-electron chi connectivity index (χ3n) is 2.81. The number of halogens is 1. The second-order valence-electron chi connectivity index (χ2n) is 4.41. The van der Waals surface area contributed by atoms with Crippen molar-refractivity contribution >= 4 is 0 Å². The lowest BCUT2D eigenvalue weighted by atomic mass is 10.2. The maximum absolute atomic E-state index is 13.8. The van der Waals surface area contributed by atoms with Crippen LogP contribution in [0.3, 0.4) is 0 Å². The van der Waals surface area contributed by atoms with E-state index in [2.05, 4.69) is 5.10 Å². The second kappa shape index (κ2) is 7.01. The molecule has 0 unspecified atom stereocenters. The van der Waals surface area contributed by atoms with Crippen LogP contribution in [0.4, 0.5) is 4.39 Å². The third kappa shape index (κ3) is 4.46. The van der Waals surface area contributed by atoms with E-state index in [0.717, 1.165) is 5.56 Å². The van der Waals surface area contributed by atoms with Crippen LogP contribution in [-0.4, -0.2) is 28.6 Å². The molecule has 0 aliphatic heterocycles. The van der Waals surface area contributed by atoms with Crippen LogP contribution in [0.15, 0.2) is 48.8 Å². The first kappa shape index (κ1) is 13.7. The summed E-state index contributed by atoms with van der Waals surface area (Å²) in [6.07, 6.45) is 2.21. The van der Waals surface area contributed by atoms with E-state index in [0.29, 0.717) is 13.2 Å². The number of alkyl halides is 1. The van der Waals surface area contributed by atoms with Crippen molar-refractivity contribution in [3.05, 3.63) is 54.4 Å². The zero-order chi connectivity index (χ0) is 13.5. The van der Waals surface area contributed by atoms with Crippen molar-refractivity contribution in [1.29, 1.82) is 0 Å². The number of hydrogen-bond acceptors (Lipinski definition) is 3. The van der Waals surface area contributed by atoms with Crippen molar-refractivity contribution in [2.24, 2.45) is 5.73 Å². The first-order valence-corrected chi connectivity index (χ1v) is 6.24. The van der Waals surface area contributed by atoms with Gasteiger partial charge in [0.1, 0.15) is 6.17 Å². The Kier molecular flexibility index (Phi) is 5.06. The van der Waals surface area contributed by atoms with Crippen molar-refractivity contribution in [2.45, 2.75) is 25.4 Å². The summed E-state index contributed by atoms with van der Waals surface area (Å²) < 4.78 is 20.8. The molecule has 0 bridgehead atoms. The Hall–Kier alpha value is -1.72. The zero-order valence-corrected chi connectivity index (χ0v) is 10.7. The zero-order valence-electron chi connectivity index (χ0n) is 10.7. The van der Waals surface area contributed by atoms with Crippen LogP contribution in [-0.2, 0) is 17.9 Å². The fourth-order valence-electron chi connectivity index (χ4n) is 1.73. The number of aromatic nitrogens is 2. The van der Waals surface area contributed by atoms with Crippen LogP contribution in [0.2, 0.25) is 0 Å². The van der Waals surface area contributed by atoms with Gasteiger partial charge in [-0.25, -0.2) is 4.39 Å². The van der Waals surface area contributed by atoms with Gasteiger partial charge in [-0.2, -0.15) is 5.10 Å². The van der Waals surface area contributed by atoms with Gasteiger partial charge in [0.05, 0.1) is 25.8 Å². The molecule has 1 aromatic heterocycles. The first-order valence-electron chi connectivity index (χ1n) is 6.24. The van der Waals surface area contributed by atoms with E-state index in [4.69, 9.17) is 10.5 Å². The molecule has 0 radical (unpaired) electrons. The van der Waals surface area contributed by atoms with E-state index in [-0.39, 0.29) is 6.61 Å². The summed E-state index contributed by atoms with van der Waals surface area (Å²) >= 11 is 0. The molecule has 0 saturated heterocycles. The van der Waals surface area contributed by atoms with Crippen LogP contribution in [0.5, 0.6) is 0 Å². The van der Waals surface area contributed by atoms with E-state index in [1.54, 1.807) is 23.1 Å². The smallest absolute Gasteiger partial charge is 0.140 e. The number of hydrogen-bond donors (Lipinski definition) is 1. The summed E-state index contributed by atoms with van der Waals surface area (Å²) in [6, 6.07) is 10.8. The van der Waals surface area contributed by atoms with Gasteiger partial charge in [0.15, 0.2) is 0 Å². The summed E-state index contributed by atoms with van der Waals surface area (Å²) in [7, 11) is 0. The average Bonchev–Trinajstić information content (AvgIpc) is 2.92. The van der Waals surface area contributed by atoms with Gasteiger partial charge < -0.3 is 10.5 Å². The minimum absolute atomic E-state index is 0.00265. The summed E-state index contributed by atoms with van der Waals surface area (Å²) in [5, 5.41) is 4.00. The lowest BCUT2D eigenvalue weighted by molar-refractivity contribution is 0.0567. The number of benzene rings is 1. The van der Waals surface area contributed by atoms with Gasteiger partial charge in [0.25, 0.3) is 0 Å². The van der Waals surface area contributed by atoms with E-state index >= 15 is 0 Å². The summed E-state index contributed by atoms with van der Waals surface area (Å²) in [5.74, 6) is 0. The van der Waals surface area contributed by atoms with Crippen LogP contribution < -0.4 is 5.73 Å². The number of nitrogens with two attached hydrogens (primary N) is 1. The van der Waals surface area contributed by atoms with Gasteiger partial charge in [0.2, 0.25) is 0 Å². The van der Waals surface area contributed by atoms with Gasteiger partial charge in [-0.05, 0) is 11.6 Å². The molecule has 2 N–H and O–H groups in total. The SMILES string of the molecule is N[C@H](Cn1cccn1)[C@H](F)COCc1ccccc1. The molecular formula is C14H18FN3O. The second-order valence-corrected chi connectivity index (χ2v) is 4.41. The Balaban J connectivity index is 1.70. The fourth-order valence-corrected chi connectivity index (χ4v) is 1.73. The average molecular weight is 263 g/mol. The molecule has 0 spiro atoms. The highest BCUT2D eigenvalue weighted by Crippen LogP contribution is 2.05. The monoisotopic (exact) mass is 263 g/mol. The Labute approximate surface area is 112 Å². The van der Waals surface area contributed by atoms with Gasteiger partial charge in [-0.3, -0.25) is 4.68 Å². The minimum atomic E-state index is -1.20. The minimum Gasteiger partial charge on any atom is -0.374 e. The van der Waals surface area contributed by atoms with Crippen LogP contribution >= 0.6 is 0 Å². The van der Waals surface area contributed by atoms with Crippen molar-refractivity contribution in [3.8, 4) is 0 Å². The standard InChI is InChI=1S/C14H18FN3O/c15-13(14(16)9-18-8-4-7-17-18)11-19-10-12-5-2-1-3-6-12/h1-8,13-14H,9-11,16H2/t13-,14-/m1/s1. The number of rotatable bonds is 7. The molecule has 0 amide bonds. The first-order chi connectivity index (χ1) is 9.25. The molecule has 2 aromatic rings. The lowest BCUT2D eigenvalue weighted by Crippen LogP contribution is -2.38. The molecular weight excluding hydrogens is 245 g/mol. The highest BCUT2D eigenvalue weighted by atomic mass is 19.1. The van der Waals surface area contributed by atoms with Crippen molar-refractivity contribution in [2.75, 3.05) is 6.61 Å². The topological polar surface area (TPSA) is 53.1 Å². The Bertz CT molecular complexity index is 461. The van der Waals surface area contributed by atoms with E-state index in [9.17, 15) is 4.39 Å². The molecule has 0 aliphatic rings. The Morgan fingerprint density at radius 1 is 1.26 bits per heavy atom.